The van der Waals surface area contributed by atoms with Gasteiger partial charge in [-0.3, -0.25) is 19.5 Å². The lowest BCUT2D eigenvalue weighted by molar-refractivity contribution is -0.137. The lowest BCUT2D eigenvalue weighted by Gasteiger charge is -2.25. The van der Waals surface area contributed by atoms with Crippen LogP contribution in [0, 0.1) is 5.92 Å². The van der Waals surface area contributed by atoms with Gasteiger partial charge in [0.1, 0.15) is 6.54 Å². The molecule has 5 rings (SSSR count). The predicted octanol–water partition coefficient (Wildman–Crippen LogP) is 5.02. The van der Waals surface area contributed by atoms with Gasteiger partial charge in [-0.05, 0) is 49.3 Å². The van der Waals surface area contributed by atoms with Gasteiger partial charge in [0.25, 0.3) is 0 Å². The summed E-state index contributed by atoms with van der Waals surface area (Å²) in [6.45, 7) is 5.50. The SMILES string of the molecule is CC(C)c1ccc(-n2cc(-c3ccccc3)nc2NC(=O)CN(C[C@H]2CCCO2)C(=O)C2CC2)cc1. The number of nitrogens with zero attached hydrogens (tertiary/aromatic N) is 3. The highest BCUT2D eigenvalue weighted by atomic mass is 16.5. The molecule has 2 aromatic carbocycles. The van der Waals surface area contributed by atoms with Gasteiger partial charge >= 0.3 is 0 Å². The molecule has 0 spiro atoms. The summed E-state index contributed by atoms with van der Waals surface area (Å²) < 4.78 is 7.65. The number of imidazole rings is 1. The number of carbonyl (C=O) groups excluding carboxylic acids is 2. The fourth-order valence-electron chi connectivity index (χ4n) is 4.63. The van der Waals surface area contributed by atoms with Crippen LogP contribution in [-0.2, 0) is 14.3 Å². The Morgan fingerprint density at radius 3 is 2.47 bits per heavy atom. The smallest absolute Gasteiger partial charge is 0.246 e. The molecular formula is C29H34N4O3. The van der Waals surface area contributed by atoms with Crippen LogP contribution in [0.3, 0.4) is 0 Å². The molecule has 2 amide bonds. The van der Waals surface area contributed by atoms with E-state index in [0.717, 1.165) is 49.2 Å². The van der Waals surface area contributed by atoms with Crippen molar-refractivity contribution in [1.82, 2.24) is 14.5 Å². The van der Waals surface area contributed by atoms with E-state index in [0.29, 0.717) is 18.4 Å². The van der Waals surface area contributed by atoms with Crippen molar-refractivity contribution < 1.29 is 14.3 Å². The number of aromatic nitrogens is 2. The highest BCUT2D eigenvalue weighted by molar-refractivity contribution is 5.94. The van der Waals surface area contributed by atoms with E-state index in [1.54, 1.807) is 4.90 Å². The van der Waals surface area contributed by atoms with Crippen LogP contribution in [0.4, 0.5) is 5.95 Å². The molecule has 1 saturated carbocycles. The van der Waals surface area contributed by atoms with Gasteiger partial charge in [-0.1, -0.05) is 56.3 Å². The topological polar surface area (TPSA) is 76.5 Å². The van der Waals surface area contributed by atoms with Crippen molar-refractivity contribution in [2.45, 2.75) is 51.6 Å². The zero-order valence-corrected chi connectivity index (χ0v) is 21.0. The molecule has 1 aliphatic carbocycles. The summed E-state index contributed by atoms with van der Waals surface area (Å²) in [6.07, 6.45) is 5.67. The van der Waals surface area contributed by atoms with Crippen LogP contribution in [0.15, 0.2) is 60.8 Å². The summed E-state index contributed by atoms with van der Waals surface area (Å²) in [6, 6.07) is 18.2. The number of ether oxygens (including phenoxy) is 1. The first-order valence-electron chi connectivity index (χ1n) is 12.9. The minimum absolute atomic E-state index is 0.00495. The second-order valence-corrected chi connectivity index (χ2v) is 10.1. The number of anilines is 1. The van der Waals surface area contributed by atoms with Crippen LogP contribution in [-0.4, -0.2) is 52.1 Å². The standard InChI is InChI=1S/C29H34N4O3/c1-20(2)21-12-14-24(15-13-21)33-18-26(22-7-4-3-5-8-22)30-29(33)31-27(34)19-32(28(35)23-10-11-23)17-25-9-6-16-36-25/h3-5,7-8,12-15,18,20,23,25H,6,9-11,16-17,19H2,1-2H3,(H,30,31,34)/t25-/m1/s1. The average molecular weight is 487 g/mol. The molecule has 7 nitrogen and oxygen atoms in total. The van der Waals surface area contributed by atoms with Crippen molar-refractivity contribution in [2.75, 3.05) is 25.0 Å². The minimum Gasteiger partial charge on any atom is -0.376 e. The number of benzene rings is 2. The first-order valence-corrected chi connectivity index (χ1v) is 12.9. The molecule has 3 aromatic rings. The first kappa shape index (κ1) is 24.3. The Labute approximate surface area is 212 Å². The molecular weight excluding hydrogens is 452 g/mol. The molecule has 1 N–H and O–H groups in total. The van der Waals surface area contributed by atoms with Gasteiger partial charge < -0.3 is 9.64 Å². The second kappa shape index (κ2) is 10.7. The Kier molecular flexibility index (Phi) is 7.18. The summed E-state index contributed by atoms with van der Waals surface area (Å²) in [5, 5.41) is 2.98. The van der Waals surface area contributed by atoms with Crippen LogP contribution in [0.2, 0.25) is 0 Å². The lowest BCUT2D eigenvalue weighted by atomic mass is 10.0. The van der Waals surface area contributed by atoms with Crippen LogP contribution in [0.1, 0.15) is 51.0 Å². The fraction of sp³-hybridized carbons (Fsp3) is 0.414. The fourth-order valence-corrected chi connectivity index (χ4v) is 4.63. The molecule has 1 aromatic heterocycles. The molecule has 36 heavy (non-hydrogen) atoms. The quantitative estimate of drug-likeness (QED) is 0.461. The zero-order valence-electron chi connectivity index (χ0n) is 21.0. The lowest BCUT2D eigenvalue weighted by Crippen LogP contribution is -2.43. The van der Waals surface area contributed by atoms with E-state index in [9.17, 15) is 9.59 Å². The Morgan fingerprint density at radius 1 is 1.08 bits per heavy atom. The summed E-state index contributed by atoms with van der Waals surface area (Å²) in [7, 11) is 0. The Morgan fingerprint density at radius 2 is 1.83 bits per heavy atom. The van der Waals surface area contributed by atoms with Crippen LogP contribution in [0.25, 0.3) is 16.9 Å². The molecule has 1 aliphatic heterocycles. The van der Waals surface area contributed by atoms with Crippen molar-refractivity contribution in [3.8, 4) is 16.9 Å². The Bertz CT molecular complexity index is 1190. The van der Waals surface area contributed by atoms with Gasteiger partial charge in [0.05, 0.1) is 11.8 Å². The number of amides is 2. The largest absolute Gasteiger partial charge is 0.376 e. The van der Waals surface area contributed by atoms with E-state index in [2.05, 4.69) is 31.3 Å². The van der Waals surface area contributed by atoms with Crippen LogP contribution >= 0.6 is 0 Å². The van der Waals surface area contributed by atoms with Gasteiger partial charge in [-0.2, -0.15) is 0 Å². The van der Waals surface area contributed by atoms with Gasteiger partial charge in [0, 0.05) is 36.5 Å². The molecule has 188 valence electrons. The molecule has 1 saturated heterocycles. The van der Waals surface area contributed by atoms with Crippen LogP contribution < -0.4 is 5.32 Å². The summed E-state index contributed by atoms with van der Waals surface area (Å²) in [5.41, 5.74) is 3.89. The number of nitrogens with one attached hydrogen (secondary N) is 1. The molecule has 1 atom stereocenters. The van der Waals surface area contributed by atoms with E-state index in [-0.39, 0.29) is 30.4 Å². The molecule has 0 unspecified atom stereocenters. The van der Waals surface area contributed by atoms with E-state index in [4.69, 9.17) is 9.72 Å². The maximum absolute atomic E-state index is 13.2. The normalized spacial score (nSPS) is 17.4. The van der Waals surface area contributed by atoms with E-state index >= 15 is 0 Å². The molecule has 2 heterocycles. The van der Waals surface area contributed by atoms with Crippen LogP contribution in [0.5, 0.6) is 0 Å². The Balaban J connectivity index is 1.39. The maximum Gasteiger partial charge on any atom is 0.246 e. The third kappa shape index (κ3) is 5.68. The summed E-state index contributed by atoms with van der Waals surface area (Å²) >= 11 is 0. The van der Waals surface area contributed by atoms with E-state index in [1.165, 1.54) is 5.56 Å². The van der Waals surface area contributed by atoms with Crippen molar-refractivity contribution in [3.63, 3.8) is 0 Å². The van der Waals surface area contributed by atoms with Gasteiger partial charge in [-0.25, -0.2) is 4.98 Å². The van der Waals surface area contributed by atoms with Gasteiger partial charge in [-0.15, -0.1) is 0 Å². The van der Waals surface area contributed by atoms with Gasteiger partial charge in [0.2, 0.25) is 17.8 Å². The molecule has 0 bridgehead atoms. The first-order chi connectivity index (χ1) is 17.5. The molecule has 7 heteroatoms. The highest BCUT2D eigenvalue weighted by Crippen LogP contribution is 2.31. The predicted molar refractivity (Wildman–Crippen MR) is 140 cm³/mol. The summed E-state index contributed by atoms with van der Waals surface area (Å²) in [5.74, 6) is 0.711. The van der Waals surface area contributed by atoms with Crippen molar-refractivity contribution >= 4 is 17.8 Å². The molecule has 2 fully saturated rings. The maximum atomic E-state index is 13.2. The van der Waals surface area contributed by atoms with Crippen molar-refractivity contribution in [2.24, 2.45) is 5.92 Å². The average Bonchev–Trinajstić information content (AvgIpc) is 3.46. The van der Waals surface area contributed by atoms with Crippen molar-refractivity contribution in [3.05, 3.63) is 66.4 Å². The Hall–Kier alpha value is -3.45. The minimum atomic E-state index is -0.257. The third-order valence-electron chi connectivity index (χ3n) is 6.89. The number of rotatable bonds is 9. The van der Waals surface area contributed by atoms with Gasteiger partial charge in [0.15, 0.2) is 0 Å². The van der Waals surface area contributed by atoms with Crippen molar-refractivity contribution in [1.29, 1.82) is 0 Å². The number of hydrogen-bond donors (Lipinski definition) is 1. The third-order valence-corrected chi connectivity index (χ3v) is 6.89. The highest BCUT2D eigenvalue weighted by Gasteiger charge is 2.35. The van der Waals surface area contributed by atoms with E-state index < -0.39 is 0 Å². The van der Waals surface area contributed by atoms with E-state index in [1.807, 2.05) is 53.2 Å². The number of hydrogen-bond acceptors (Lipinski definition) is 4. The zero-order chi connectivity index (χ0) is 25.1. The summed E-state index contributed by atoms with van der Waals surface area (Å²) in [4.78, 5) is 32.6. The second-order valence-electron chi connectivity index (χ2n) is 10.1. The molecule has 0 radical (unpaired) electrons. The monoisotopic (exact) mass is 486 g/mol. The number of carbonyl (C=O) groups is 2. The molecule has 2 aliphatic rings.